The topological polar surface area (TPSA) is 15.3 Å². The molecule has 0 unspecified atom stereocenters. The van der Waals surface area contributed by atoms with Crippen molar-refractivity contribution in [2.45, 2.75) is 19.4 Å². The third kappa shape index (κ3) is 4.70. The summed E-state index contributed by atoms with van der Waals surface area (Å²) in [4.78, 5) is 2.53. The fraction of sp³-hybridized carbons (Fsp3) is 0.538. The molecule has 0 aliphatic carbocycles. The Bertz CT molecular complexity index is 342. The maximum absolute atomic E-state index is 3.51. The predicted octanol–water partition coefficient (Wildman–Crippen LogP) is 3.40. The van der Waals surface area contributed by atoms with Crippen LogP contribution in [0, 0.1) is 0 Å². The minimum absolute atomic E-state index is 0.936. The fourth-order valence-corrected chi connectivity index (χ4v) is 3.58. The Kier molecular flexibility index (Phi) is 5.48. The second-order valence-corrected chi connectivity index (χ2v) is 6.33. The quantitative estimate of drug-likeness (QED) is 0.808. The third-order valence-electron chi connectivity index (χ3n) is 3.05. The summed E-state index contributed by atoms with van der Waals surface area (Å²) in [5, 5.41) is 3.50. The van der Waals surface area contributed by atoms with Crippen molar-refractivity contribution in [1.29, 1.82) is 0 Å². The highest BCUT2D eigenvalue weighted by Crippen LogP contribution is 2.19. The zero-order chi connectivity index (χ0) is 12.1. The van der Waals surface area contributed by atoms with Gasteiger partial charge in [0.25, 0.3) is 0 Å². The number of halogens is 2. The Hall–Kier alpha value is 0.1000. The molecular weight excluding hydrogens is 344 g/mol. The lowest BCUT2D eigenvalue weighted by Gasteiger charge is -2.14. The molecule has 2 nitrogen and oxygen atoms in total. The summed E-state index contributed by atoms with van der Waals surface area (Å²) in [6.45, 7) is 5.75. The number of hydrogen-bond donors (Lipinski definition) is 1. The summed E-state index contributed by atoms with van der Waals surface area (Å²) < 4.78 is 2.26. The van der Waals surface area contributed by atoms with Crippen LogP contribution < -0.4 is 5.32 Å². The van der Waals surface area contributed by atoms with Crippen LogP contribution >= 0.6 is 31.9 Å². The summed E-state index contributed by atoms with van der Waals surface area (Å²) in [5.74, 6) is 0. The first-order valence-corrected chi connectivity index (χ1v) is 7.71. The van der Waals surface area contributed by atoms with Gasteiger partial charge in [0.1, 0.15) is 0 Å². The third-order valence-corrected chi connectivity index (χ3v) is 3.97. The number of hydrogen-bond acceptors (Lipinski definition) is 2. The maximum Gasteiger partial charge on any atom is 0.0206 e. The summed E-state index contributed by atoms with van der Waals surface area (Å²) >= 11 is 7.02. The van der Waals surface area contributed by atoms with E-state index in [2.05, 4.69) is 60.3 Å². The molecule has 1 fully saturated rings. The van der Waals surface area contributed by atoms with Gasteiger partial charge < -0.3 is 10.2 Å². The van der Waals surface area contributed by atoms with Crippen LogP contribution in [0.5, 0.6) is 0 Å². The lowest BCUT2D eigenvalue weighted by Crippen LogP contribution is -2.29. The highest BCUT2D eigenvalue weighted by molar-refractivity contribution is 9.11. The van der Waals surface area contributed by atoms with Gasteiger partial charge in [-0.3, -0.25) is 0 Å². The Labute approximate surface area is 120 Å². The molecule has 0 radical (unpaired) electrons. The minimum atomic E-state index is 0.936. The van der Waals surface area contributed by atoms with Gasteiger partial charge in [0.05, 0.1) is 0 Å². The normalized spacial score (nSPS) is 16.6. The highest BCUT2D eigenvalue weighted by atomic mass is 79.9. The van der Waals surface area contributed by atoms with E-state index in [0.717, 1.165) is 22.0 Å². The second kappa shape index (κ2) is 6.88. The van der Waals surface area contributed by atoms with Crippen LogP contribution in [0.25, 0.3) is 0 Å². The van der Waals surface area contributed by atoms with E-state index in [9.17, 15) is 0 Å². The van der Waals surface area contributed by atoms with E-state index in [1.54, 1.807) is 0 Å². The molecule has 1 heterocycles. The van der Waals surface area contributed by atoms with Gasteiger partial charge in [-0.05, 0) is 49.7 Å². The number of nitrogens with one attached hydrogen (secondary N) is 1. The molecular formula is C13H18Br2N2. The van der Waals surface area contributed by atoms with Crippen LogP contribution in [0.15, 0.2) is 27.1 Å². The van der Waals surface area contributed by atoms with Gasteiger partial charge in [-0.2, -0.15) is 0 Å². The molecule has 0 spiro atoms. The molecule has 17 heavy (non-hydrogen) atoms. The van der Waals surface area contributed by atoms with Crippen molar-refractivity contribution < 1.29 is 0 Å². The monoisotopic (exact) mass is 360 g/mol. The molecule has 0 bridgehead atoms. The van der Waals surface area contributed by atoms with E-state index in [-0.39, 0.29) is 0 Å². The molecule has 0 saturated carbocycles. The van der Waals surface area contributed by atoms with Gasteiger partial charge in [0.2, 0.25) is 0 Å². The first kappa shape index (κ1) is 13.5. The van der Waals surface area contributed by atoms with Crippen molar-refractivity contribution in [3.8, 4) is 0 Å². The second-order valence-electron chi connectivity index (χ2n) is 4.50. The Morgan fingerprint density at radius 3 is 2.35 bits per heavy atom. The van der Waals surface area contributed by atoms with Crippen molar-refractivity contribution in [2.75, 3.05) is 26.2 Å². The van der Waals surface area contributed by atoms with Crippen molar-refractivity contribution in [1.82, 2.24) is 10.2 Å². The van der Waals surface area contributed by atoms with E-state index >= 15 is 0 Å². The number of nitrogens with zero attached hydrogens (tertiary/aromatic N) is 1. The standard InChI is InChI=1S/C13H18Br2N2/c14-12-7-11(8-13(15)9-12)10-16-3-6-17-4-1-2-5-17/h7-9,16H,1-6,10H2. The van der Waals surface area contributed by atoms with Crippen LogP contribution in [0.3, 0.4) is 0 Å². The van der Waals surface area contributed by atoms with E-state index in [1.807, 2.05) is 0 Å². The molecule has 0 atom stereocenters. The van der Waals surface area contributed by atoms with Gasteiger partial charge in [0.15, 0.2) is 0 Å². The maximum atomic E-state index is 3.51. The molecule has 1 aliphatic rings. The fourth-order valence-electron chi connectivity index (χ4n) is 2.19. The number of benzene rings is 1. The Morgan fingerprint density at radius 1 is 1.06 bits per heavy atom. The average molecular weight is 362 g/mol. The first-order chi connectivity index (χ1) is 8.24. The zero-order valence-corrected chi connectivity index (χ0v) is 13.1. The van der Waals surface area contributed by atoms with Crippen LogP contribution in [0.4, 0.5) is 0 Å². The molecule has 1 N–H and O–H groups in total. The number of likely N-dealkylation sites (tertiary alicyclic amines) is 1. The van der Waals surface area contributed by atoms with Gasteiger partial charge >= 0.3 is 0 Å². The molecule has 0 aromatic heterocycles. The highest BCUT2D eigenvalue weighted by Gasteiger charge is 2.09. The molecule has 0 amide bonds. The summed E-state index contributed by atoms with van der Waals surface area (Å²) in [6, 6.07) is 6.38. The average Bonchev–Trinajstić information content (AvgIpc) is 2.76. The van der Waals surface area contributed by atoms with Crippen molar-refractivity contribution in [2.24, 2.45) is 0 Å². The van der Waals surface area contributed by atoms with Crippen molar-refractivity contribution >= 4 is 31.9 Å². The largest absolute Gasteiger partial charge is 0.311 e. The molecule has 1 saturated heterocycles. The van der Waals surface area contributed by atoms with Crippen LogP contribution in [0.1, 0.15) is 18.4 Å². The zero-order valence-electron chi connectivity index (χ0n) is 9.88. The Morgan fingerprint density at radius 2 is 1.71 bits per heavy atom. The molecule has 2 rings (SSSR count). The van der Waals surface area contributed by atoms with Gasteiger partial charge in [-0.25, -0.2) is 0 Å². The van der Waals surface area contributed by atoms with Crippen LogP contribution in [-0.4, -0.2) is 31.1 Å². The summed E-state index contributed by atoms with van der Waals surface area (Å²) in [5.41, 5.74) is 1.31. The van der Waals surface area contributed by atoms with Gasteiger partial charge in [-0.1, -0.05) is 31.9 Å². The Balaban J connectivity index is 1.70. The van der Waals surface area contributed by atoms with Gasteiger partial charge in [-0.15, -0.1) is 0 Å². The van der Waals surface area contributed by atoms with Crippen LogP contribution in [-0.2, 0) is 6.54 Å². The predicted molar refractivity (Wildman–Crippen MR) is 79.2 cm³/mol. The summed E-state index contributed by atoms with van der Waals surface area (Å²) in [6.07, 6.45) is 2.75. The molecule has 1 aromatic carbocycles. The number of rotatable bonds is 5. The summed E-state index contributed by atoms with van der Waals surface area (Å²) in [7, 11) is 0. The van der Waals surface area contributed by atoms with E-state index < -0.39 is 0 Å². The van der Waals surface area contributed by atoms with Crippen LogP contribution in [0.2, 0.25) is 0 Å². The van der Waals surface area contributed by atoms with E-state index in [1.165, 1.54) is 38.0 Å². The van der Waals surface area contributed by atoms with E-state index in [0.29, 0.717) is 0 Å². The molecule has 1 aliphatic heterocycles. The lowest BCUT2D eigenvalue weighted by molar-refractivity contribution is 0.335. The minimum Gasteiger partial charge on any atom is -0.311 e. The van der Waals surface area contributed by atoms with Crippen molar-refractivity contribution in [3.05, 3.63) is 32.7 Å². The van der Waals surface area contributed by atoms with Crippen molar-refractivity contribution in [3.63, 3.8) is 0 Å². The molecule has 94 valence electrons. The molecule has 1 aromatic rings. The van der Waals surface area contributed by atoms with E-state index in [4.69, 9.17) is 0 Å². The first-order valence-electron chi connectivity index (χ1n) is 6.12. The SMILES string of the molecule is Brc1cc(Br)cc(CNCCN2CCCC2)c1. The lowest BCUT2D eigenvalue weighted by atomic mass is 10.2. The van der Waals surface area contributed by atoms with Gasteiger partial charge in [0, 0.05) is 28.6 Å². The smallest absolute Gasteiger partial charge is 0.0206 e. The molecule has 4 heteroatoms.